The van der Waals surface area contributed by atoms with Crippen molar-refractivity contribution in [2.24, 2.45) is 0 Å². The zero-order valence-corrected chi connectivity index (χ0v) is 11.7. The number of aromatic nitrogens is 2. The van der Waals surface area contributed by atoms with Crippen LogP contribution in [-0.2, 0) is 6.54 Å². The van der Waals surface area contributed by atoms with E-state index in [4.69, 9.17) is 0 Å². The van der Waals surface area contributed by atoms with Gasteiger partial charge in [-0.25, -0.2) is 9.97 Å². The maximum absolute atomic E-state index is 14.0. The van der Waals surface area contributed by atoms with Gasteiger partial charge in [-0.15, -0.1) is 0 Å². The maximum Gasteiger partial charge on any atom is 0.224 e. The smallest absolute Gasteiger partial charge is 0.224 e. The van der Waals surface area contributed by atoms with Gasteiger partial charge in [0.2, 0.25) is 5.95 Å². The van der Waals surface area contributed by atoms with Crippen molar-refractivity contribution >= 4 is 10.9 Å². The average molecular weight is 274 g/mol. The van der Waals surface area contributed by atoms with Crippen LogP contribution in [0.3, 0.4) is 0 Å². The number of benzene rings is 1. The molecule has 5 heteroatoms. The number of nitrogens with zero attached hydrogens (tertiary/aromatic N) is 4. The van der Waals surface area contributed by atoms with Crippen LogP contribution in [0.5, 0.6) is 0 Å². The van der Waals surface area contributed by atoms with Gasteiger partial charge in [0, 0.05) is 13.1 Å². The van der Waals surface area contributed by atoms with Gasteiger partial charge >= 0.3 is 0 Å². The Morgan fingerprint density at radius 1 is 1.10 bits per heavy atom. The number of hydrogen-bond donors (Lipinski definition) is 0. The molecule has 0 radical (unpaired) electrons. The molecule has 0 bridgehead atoms. The lowest BCUT2D eigenvalue weighted by Crippen LogP contribution is -2.29. The standard InChI is InChI=1S/C15H19FN4/c1-19-7-4-8-20(10-9-19)11-14-17-13-6-3-2-5-12(13)15(16)18-14/h2-3,5-6H,4,7-11H2,1H3. The molecule has 0 N–H and O–H groups in total. The third-order valence-electron chi connectivity index (χ3n) is 3.78. The minimum absolute atomic E-state index is 0.419. The van der Waals surface area contributed by atoms with Crippen LogP contribution in [-0.4, -0.2) is 53.0 Å². The lowest BCUT2D eigenvalue weighted by atomic mass is 10.2. The van der Waals surface area contributed by atoms with Crippen molar-refractivity contribution in [1.29, 1.82) is 0 Å². The van der Waals surface area contributed by atoms with E-state index in [-0.39, 0.29) is 0 Å². The molecule has 1 fully saturated rings. The summed E-state index contributed by atoms with van der Waals surface area (Å²) in [6, 6.07) is 7.23. The quantitative estimate of drug-likeness (QED) is 0.783. The molecule has 0 saturated carbocycles. The Kier molecular flexibility index (Phi) is 3.89. The van der Waals surface area contributed by atoms with E-state index < -0.39 is 5.95 Å². The molecule has 0 amide bonds. The Hall–Kier alpha value is -1.59. The monoisotopic (exact) mass is 274 g/mol. The van der Waals surface area contributed by atoms with E-state index in [1.165, 1.54) is 0 Å². The van der Waals surface area contributed by atoms with Crippen molar-refractivity contribution in [2.45, 2.75) is 13.0 Å². The molecule has 3 rings (SSSR count). The SMILES string of the molecule is CN1CCCN(Cc2nc(F)c3ccccc3n2)CC1. The van der Waals surface area contributed by atoms with Crippen molar-refractivity contribution in [3.63, 3.8) is 0 Å². The second-order valence-electron chi connectivity index (χ2n) is 5.38. The van der Waals surface area contributed by atoms with E-state index in [1.807, 2.05) is 12.1 Å². The highest BCUT2D eigenvalue weighted by Gasteiger charge is 2.14. The van der Waals surface area contributed by atoms with Gasteiger partial charge < -0.3 is 4.90 Å². The van der Waals surface area contributed by atoms with Crippen molar-refractivity contribution in [3.05, 3.63) is 36.0 Å². The summed E-state index contributed by atoms with van der Waals surface area (Å²) in [5.41, 5.74) is 0.682. The maximum atomic E-state index is 14.0. The first-order valence-electron chi connectivity index (χ1n) is 7.04. The summed E-state index contributed by atoms with van der Waals surface area (Å²) >= 11 is 0. The fourth-order valence-corrected chi connectivity index (χ4v) is 2.61. The first-order valence-corrected chi connectivity index (χ1v) is 7.04. The number of fused-ring (bicyclic) bond motifs is 1. The van der Waals surface area contributed by atoms with E-state index >= 15 is 0 Å². The number of halogens is 1. The lowest BCUT2D eigenvalue weighted by molar-refractivity contribution is 0.262. The highest BCUT2D eigenvalue weighted by Crippen LogP contribution is 2.15. The third kappa shape index (κ3) is 2.94. The molecule has 1 aromatic carbocycles. The molecule has 1 aliphatic rings. The van der Waals surface area contributed by atoms with Gasteiger partial charge in [-0.05, 0) is 38.7 Å². The Labute approximate surface area is 118 Å². The van der Waals surface area contributed by atoms with Crippen molar-refractivity contribution < 1.29 is 4.39 Å². The lowest BCUT2D eigenvalue weighted by Gasteiger charge is -2.19. The summed E-state index contributed by atoms with van der Waals surface area (Å²) in [6.45, 7) is 4.77. The average Bonchev–Trinajstić information content (AvgIpc) is 2.64. The first kappa shape index (κ1) is 13.4. The van der Waals surface area contributed by atoms with Gasteiger partial charge in [-0.3, -0.25) is 4.90 Å². The molecule has 0 unspecified atom stereocenters. The number of likely N-dealkylation sites (N-methyl/N-ethyl adjacent to an activating group) is 1. The molecular weight excluding hydrogens is 255 g/mol. The van der Waals surface area contributed by atoms with E-state index in [0.29, 0.717) is 23.3 Å². The van der Waals surface area contributed by atoms with E-state index in [2.05, 4.69) is 26.8 Å². The Morgan fingerprint density at radius 3 is 2.85 bits per heavy atom. The van der Waals surface area contributed by atoms with Crippen molar-refractivity contribution in [1.82, 2.24) is 19.8 Å². The summed E-state index contributed by atoms with van der Waals surface area (Å²) < 4.78 is 14.0. The van der Waals surface area contributed by atoms with E-state index in [0.717, 1.165) is 32.6 Å². The molecule has 106 valence electrons. The van der Waals surface area contributed by atoms with Crippen LogP contribution in [0.15, 0.2) is 24.3 Å². The highest BCUT2D eigenvalue weighted by molar-refractivity contribution is 5.77. The Balaban J connectivity index is 1.80. The van der Waals surface area contributed by atoms with E-state index in [9.17, 15) is 4.39 Å². The molecule has 20 heavy (non-hydrogen) atoms. The van der Waals surface area contributed by atoms with Gasteiger partial charge in [0.05, 0.1) is 17.4 Å². The second kappa shape index (κ2) is 5.81. The van der Waals surface area contributed by atoms with Gasteiger partial charge in [0.25, 0.3) is 0 Å². The van der Waals surface area contributed by atoms with Gasteiger partial charge in [-0.2, -0.15) is 4.39 Å². The molecule has 0 atom stereocenters. The van der Waals surface area contributed by atoms with Crippen LogP contribution in [0.25, 0.3) is 10.9 Å². The van der Waals surface area contributed by atoms with Gasteiger partial charge in [0.15, 0.2) is 0 Å². The van der Waals surface area contributed by atoms with Crippen LogP contribution >= 0.6 is 0 Å². The fraction of sp³-hybridized carbons (Fsp3) is 0.467. The third-order valence-corrected chi connectivity index (χ3v) is 3.78. The largest absolute Gasteiger partial charge is 0.305 e. The zero-order valence-electron chi connectivity index (χ0n) is 11.7. The molecule has 1 aliphatic heterocycles. The topological polar surface area (TPSA) is 32.3 Å². The minimum Gasteiger partial charge on any atom is -0.305 e. The van der Waals surface area contributed by atoms with Crippen LogP contribution in [0.1, 0.15) is 12.2 Å². The zero-order chi connectivity index (χ0) is 13.9. The number of hydrogen-bond acceptors (Lipinski definition) is 4. The van der Waals surface area contributed by atoms with Gasteiger partial charge in [-0.1, -0.05) is 12.1 Å². The summed E-state index contributed by atoms with van der Waals surface area (Å²) in [5.74, 6) is 0.156. The van der Waals surface area contributed by atoms with Crippen LogP contribution in [0, 0.1) is 5.95 Å². The van der Waals surface area contributed by atoms with Crippen LogP contribution < -0.4 is 0 Å². The molecule has 2 heterocycles. The predicted octanol–water partition coefficient (Wildman–Crippen LogP) is 1.91. The molecular formula is C15H19FN4. The number of rotatable bonds is 2. The predicted molar refractivity (Wildman–Crippen MR) is 76.9 cm³/mol. The molecule has 0 aliphatic carbocycles. The van der Waals surface area contributed by atoms with Crippen LogP contribution in [0.4, 0.5) is 4.39 Å². The molecule has 1 saturated heterocycles. The minimum atomic E-state index is -0.419. The summed E-state index contributed by atoms with van der Waals surface area (Å²) in [7, 11) is 2.13. The van der Waals surface area contributed by atoms with Gasteiger partial charge in [0.1, 0.15) is 5.82 Å². The summed E-state index contributed by atoms with van der Waals surface area (Å²) in [5, 5.41) is 0.492. The van der Waals surface area contributed by atoms with E-state index in [1.54, 1.807) is 12.1 Å². The second-order valence-corrected chi connectivity index (χ2v) is 5.38. The Bertz CT molecular complexity index is 601. The summed E-state index contributed by atoms with van der Waals surface area (Å²) in [6.07, 6.45) is 1.13. The normalized spacial score (nSPS) is 18.3. The Morgan fingerprint density at radius 2 is 1.95 bits per heavy atom. The van der Waals surface area contributed by atoms with Crippen LogP contribution in [0.2, 0.25) is 0 Å². The highest BCUT2D eigenvalue weighted by atomic mass is 19.1. The van der Waals surface area contributed by atoms with Crippen molar-refractivity contribution in [2.75, 3.05) is 33.2 Å². The first-order chi connectivity index (χ1) is 9.72. The molecule has 0 spiro atoms. The number of para-hydroxylation sites is 1. The summed E-state index contributed by atoms with van der Waals surface area (Å²) in [4.78, 5) is 13.1. The molecule has 4 nitrogen and oxygen atoms in total. The van der Waals surface area contributed by atoms with Crippen molar-refractivity contribution in [3.8, 4) is 0 Å². The fourth-order valence-electron chi connectivity index (χ4n) is 2.61. The molecule has 2 aromatic rings. The molecule has 1 aromatic heterocycles.